The average Bonchev–Trinajstić information content (AvgIpc) is 2.72. The number of carbonyl (C=O) groups is 3. The minimum Gasteiger partial charge on any atom is -0.478 e. The predicted molar refractivity (Wildman–Crippen MR) is 117 cm³/mol. The van der Waals surface area contributed by atoms with Crippen molar-refractivity contribution in [3.05, 3.63) is 60.2 Å². The molecule has 0 radical (unpaired) electrons. The van der Waals surface area contributed by atoms with E-state index in [1.165, 1.54) is 0 Å². The minimum absolute atomic E-state index is 0.0254. The molecule has 8 heteroatoms. The lowest BCUT2D eigenvalue weighted by Gasteiger charge is -2.35. The van der Waals surface area contributed by atoms with Crippen molar-refractivity contribution in [2.24, 2.45) is 11.7 Å². The number of urea groups is 1. The number of nitrogens with two attached hydrogens (primary N) is 1. The van der Waals surface area contributed by atoms with Gasteiger partial charge in [-0.2, -0.15) is 0 Å². The number of primary amides is 1. The van der Waals surface area contributed by atoms with Crippen LogP contribution in [-0.2, 0) is 16.0 Å². The molecule has 2 unspecified atom stereocenters. The van der Waals surface area contributed by atoms with Gasteiger partial charge in [-0.1, -0.05) is 68.4 Å². The number of aliphatic carboxylic acids is 1. The smallest absolute Gasteiger partial charge is 0.357 e. The summed E-state index contributed by atoms with van der Waals surface area (Å²) in [6, 6.07) is 15.3. The van der Waals surface area contributed by atoms with Crippen LogP contribution in [0.4, 0.5) is 4.79 Å². The zero-order chi connectivity index (χ0) is 23.2. The van der Waals surface area contributed by atoms with E-state index in [0.29, 0.717) is 0 Å². The summed E-state index contributed by atoms with van der Waals surface area (Å²) in [5.41, 5.74) is 5.86. The molecular formula is C23H29N3O5. The standard InChI is InChI=1S/C23H29N3O5/c1-15(2)14-26(23(3,31)21(28)29)22(30)25-19(20(24)27)13-16-9-11-18(12-10-16)17-7-5-4-6-8-17/h4-12,15,19,31H,13-14H2,1-3H3,(H2,24,27)(H,25,30)(H,28,29). The van der Waals surface area contributed by atoms with E-state index in [-0.39, 0.29) is 18.9 Å². The van der Waals surface area contributed by atoms with Gasteiger partial charge in [0, 0.05) is 13.0 Å². The van der Waals surface area contributed by atoms with E-state index < -0.39 is 29.7 Å². The lowest BCUT2D eigenvalue weighted by molar-refractivity contribution is -0.173. The van der Waals surface area contributed by atoms with Crippen molar-refractivity contribution in [1.82, 2.24) is 10.2 Å². The number of nitrogens with zero attached hydrogens (tertiary/aromatic N) is 1. The first kappa shape index (κ1) is 23.9. The molecule has 8 nitrogen and oxygen atoms in total. The van der Waals surface area contributed by atoms with Gasteiger partial charge in [-0.25, -0.2) is 9.59 Å². The molecule has 31 heavy (non-hydrogen) atoms. The molecule has 0 saturated carbocycles. The van der Waals surface area contributed by atoms with E-state index in [9.17, 15) is 24.6 Å². The van der Waals surface area contributed by atoms with Gasteiger partial charge in [0.05, 0.1) is 0 Å². The number of nitrogens with one attached hydrogen (secondary N) is 1. The van der Waals surface area contributed by atoms with Crippen LogP contribution in [0.2, 0.25) is 0 Å². The largest absolute Gasteiger partial charge is 0.478 e. The molecule has 2 aromatic rings. The molecule has 5 N–H and O–H groups in total. The van der Waals surface area contributed by atoms with E-state index in [0.717, 1.165) is 28.5 Å². The summed E-state index contributed by atoms with van der Waals surface area (Å²) in [4.78, 5) is 37.0. The molecule has 0 aliphatic heterocycles. The number of carboxylic acid groups (broad SMARTS) is 1. The monoisotopic (exact) mass is 427 g/mol. The van der Waals surface area contributed by atoms with Crippen LogP contribution in [0, 0.1) is 5.92 Å². The molecule has 0 bridgehead atoms. The maximum absolute atomic E-state index is 12.8. The average molecular weight is 428 g/mol. The van der Waals surface area contributed by atoms with E-state index in [4.69, 9.17) is 5.73 Å². The van der Waals surface area contributed by atoms with Crippen molar-refractivity contribution in [3.8, 4) is 11.1 Å². The van der Waals surface area contributed by atoms with Crippen molar-refractivity contribution < 1.29 is 24.6 Å². The predicted octanol–water partition coefficient (Wildman–Crippen LogP) is 2.21. The molecule has 0 fully saturated rings. The Hall–Kier alpha value is -3.39. The molecule has 2 aromatic carbocycles. The maximum Gasteiger partial charge on any atom is 0.357 e. The normalized spacial score (nSPS) is 13.8. The number of rotatable bonds is 9. The number of carbonyl (C=O) groups excluding carboxylic acids is 2. The van der Waals surface area contributed by atoms with Crippen molar-refractivity contribution >= 4 is 17.9 Å². The summed E-state index contributed by atoms with van der Waals surface area (Å²) in [6.45, 7) is 4.54. The molecule has 0 heterocycles. The third-order valence-corrected chi connectivity index (χ3v) is 4.87. The molecule has 2 atom stereocenters. The first-order valence-electron chi connectivity index (χ1n) is 10.00. The molecule has 2 rings (SSSR count). The maximum atomic E-state index is 12.8. The van der Waals surface area contributed by atoms with Crippen LogP contribution in [0.5, 0.6) is 0 Å². The van der Waals surface area contributed by atoms with E-state index in [2.05, 4.69) is 5.32 Å². The van der Waals surface area contributed by atoms with Crippen molar-refractivity contribution in [2.45, 2.75) is 39.0 Å². The summed E-state index contributed by atoms with van der Waals surface area (Å²) < 4.78 is 0. The minimum atomic E-state index is -2.44. The third-order valence-electron chi connectivity index (χ3n) is 4.87. The number of aliphatic hydroxyl groups is 1. The zero-order valence-corrected chi connectivity index (χ0v) is 17.9. The number of hydrogen-bond donors (Lipinski definition) is 4. The Morgan fingerprint density at radius 1 is 1.03 bits per heavy atom. The molecule has 166 valence electrons. The number of hydrogen-bond acceptors (Lipinski definition) is 4. The number of carboxylic acids is 1. The topological polar surface area (TPSA) is 133 Å². The Morgan fingerprint density at radius 3 is 2.06 bits per heavy atom. The summed E-state index contributed by atoms with van der Waals surface area (Å²) in [5.74, 6) is -2.45. The van der Waals surface area contributed by atoms with Crippen molar-refractivity contribution in [1.29, 1.82) is 0 Å². The van der Waals surface area contributed by atoms with Crippen LogP contribution in [0.1, 0.15) is 26.3 Å². The van der Waals surface area contributed by atoms with Crippen LogP contribution in [-0.4, -0.2) is 51.3 Å². The van der Waals surface area contributed by atoms with Gasteiger partial charge < -0.3 is 21.3 Å². The van der Waals surface area contributed by atoms with Crippen molar-refractivity contribution in [3.63, 3.8) is 0 Å². The summed E-state index contributed by atoms with van der Waals surface area (Å²) in [7, 11) is 0. The lowest BCUT2D eigenvalue weighted by atomic mass is 10.0. The Bertz CT molecular complexity index is 911. The molecule has 0 aliphatic rings. The van der Waals surface area contributed by atoms with E-state index in [1.807, 2.05) is 54.6 Å². The Morgan fingerprint density at radius 2 is 1.58 bits per heavy atom. The molecule has 0 aliphatic carbocycles. The fraction of sp³-hybridized carbons (Fsp3) is 0.348. The van der Waals surface area contributed by atoms with E-state index >= 15 is 0 Å². The SMILES string of the molecule is CC(C)CN(C(=O)NC(Cc1ccc(-c2ccccc2)cc1)C(N)=O)C(C)(O)C(=O)O. The van der Waals surface area contributed by atoms with Crippen LogP contribution >= 0.6 is 0 Å². The second kappa shape index (κ2) is 10.1. The molecular weight excluding hydrogens is 398 g/mol. The molecule has 0 spiro atoms. The summed E-state index contributed by atoms with van der Waals surface area (Å²) >= 11 is 0. The van der Waals surface area contributed by atoms with Gasteiger partial charge in [0.25, 0.3) is 0 Å². The second-order valence-electron chi connectivity index (χ2n) is 8.00. The van der Waals surface area contributed by atoms with Gasteiger partial charge >= 0.3 is 12.0 Å². The Balaban J connectivity index is 2.17. The Labute approximate surface area is 181 Å². The molecule has 0 aromatic heterocycles. The van der Waals surface area contributed by atoms with Gasteiger partial charge in [-0.3, -0.25) is 9.69 Å². The van der Waals surface area contributed by atoms with Gasteiger partial charge in [-0.05, 0) is 29.5 Å². The molecule has 0 saturated heterocycles. The van der Waals surface area contributed by atoms with Crippen LogP contribution in [0.15, 0.2) is 54.6 Å². The highest BCUT2D eigenvalue weighted by Gasteiger charge is 2.41. The van der Waals surface area contributed by atoms with Gasteiger partial charge in [0.2, 0.25) is 11.6 Å². The lowest BCUT2D eigenvalue weighted by Crippen LogP contribution is -2.61. The molecule has 3 amide bonds. The fourth-order valence-corrected chi connectivity index (χ4v) is 3.09. The number of benzene rings is 2. The van der Waals surface area contributed by atoms with Crippen LogP contribution < -0.4 is 11.1 Å². The first-order chi connectivity index (χ1) is 14.5. The van der Waals surface area contributed by atoms with Crippen molar-refractivity contribution in [2.75, 3.05) is 6.54 Å². The highest BCUT2D eigenvalue weighted by atomic mass is 16.4. The second-order valence-corrected chi connectivity index (χ2v) is 8.00. The first-order valence-corrected chi connectivity index (χ1v) is 10.00. The quantitative estimate of drug-likeness (QED) is 0.456. The van der Waals surface area contributed by atoms with Crippen LogP contribution in [0.3, 0.4) is 0 Å². The summed E-state index contributed by atoms with van der Waals surface area (Å²) in [5, 5.41) is 22.1. The highest BCUT2D eigenvalue weighted by Crippen LogP contribution is 2.20. The summed E-state index contributed by atoms with van der Waals surface area (Å²) in [6.07, 6.45) is 0.126. The van der Waals surface area contributed by atoms with Gasteiger partial charge in [0.1, 0.15) is 6.04 Å². The highest BCUT2D eigenvalue weighted by molar-refractivity contribution is 5.89. The van der Waals surface area contributed by atoms with Crippen LogP contribution in [0.25, 0.3) is 11.1 Å². The van der Waals surface area contributed by atoms with Gasteiger partial charge in [-0.15, -0.1) is 0 Å². The third kappa shape index (κ3) is 6.29. The fourth-order valence-electron chi connectivity index (χ4n) is 3.09. The zero-order valence-electron chi connectivity index (χ0n) is 17.9. The Kier molecular flexibility index (Phi) is 7.77. The number of amides is 3. The van der Waals surface area contributed by atoms with E-state index in [1.54, 1.807) is 13.8 Å². The van der Waals surface area contributed by atoms with Gasteiger partial charge in [0.15, 0.2) is 0 Å².